The van der Waals surface area contributed by atoms with E-state index in [4.69, 9.17) is 11.6 Å². The van der Waals surface area contributed by atoms with E-state index in [0.717, 1.165) is 0 Å². The molecule has 0 atom stereocenters. The summed E-state index contributed by atoms with van der Waals surface area (Å²) in [7, 11) is 0. The highest BCUT2D eigenvalue weighted by Gasteiger charge is 2.18. The SMILES string of the molecule is O=C([O-])CC1=C(Cl)CCCC1=O. The number of aliphatic carboxylic acids is 1. The van der Waals surface area contributed by atoms with Crippen LogP contribution in [0.2, 0.25) is 0 Å². The molecule has 12 heavy (non-hydrogen) atoms. The van der Waals surface area contributed by atoms with Gasteiger partial charge < -0.3 is 9.90 Å². The van der Waals surface area contributed by atoms with Gasteiger partial charge in [-0.1, -0.05) is 11.6 Å². The van der Waals surface area contributed by atoms with Gasteiger partial charge >= 0.3 is 0 Å². The Morgan fingerprint density at radius 1 is 1.50 bits per heavy atom. The van der Waals surface area contributed by atoms with Crippen LogP contribution in [0.1, 0.15) is 25.7 Å². The van der Waals surface area contributed by atoms with Gasteiger partial charge in [0.2, 0.25) is 0 Å². The minimum atomic E-state index is -1.25. The molecule has 0 saturated heterocycles. The first-order valence-corrected chi connectivity index (χ1v) is 4.09. The Kier molecular flexibility index (Phi) is 2.87. The van der Waals surface area contributed by atoms with Crippen LogP contribution in [0.4, 0.5) is 0 Å². The van der Waals surface area contributed by atoms with Gasteiger partial charge in [0.1, 0.15) is 0 Å². The van der Waals surface area contributed by atoms with Gasteiger partial charge in [0.05, 0.1) is 0 Å². The summed E-state index contributed by atoms with van der Waals surface area (Å²) in [5.74, 6) is -1.41. The highest BCUT2D eigenvalue weighted by atomic mass is 35.5. The second kappa shape index (κ2) is 3.72. The van der Waals surface area contributed by atoms with Crippen molar-refractivity contribution in [1.82, 2.24) is 0 Å². The van der Waals surface area contributed by atoms with Crippen molar-refractivity contribution in [2.75, 3.05) is 0 Å². The number of Topliss-reactive ketones (excluding diaryl/α,β-unsaturated/α-hetero) is 1. The number of rotatable bonds is 2. The van der Waals surface area contributed by atoms with E-state index in [1.807, 2.05) is 0 Å². The van der Waals surface area contributed by atoms with Crippen LogP contribution in [0, 0.1) is 0 Å². The van der Waals surface area contributed by atoms with Crippen LogP contribution in [0.25, 0.3) is 0 Å². The summed E-state index contributed by atoms with van der Waals surface area (Å²) in [4.78, 5) is 21.3. The van der Waals surface area contributed by atoms with Gasteiger partial charge in [-0.2, -0.15) is 0 Å². The molecule has 1 aliphatic rings. The van der Waals surface area contributed by atoms with E-state index in [9.17, 15) is 14.7 Å². The Morgan fingerprint density at radius 2 is 2.17 bits per heavy atom. The quantitative estimate of drug-likeness (QED) is 0.628. The van der Waals surface area contributed by atoms with Crippen molar-refractivity contribution in [2.24, 2.45) is 0 Å². The van der Waals surface area contributed by atoms with E-state index in [1.54, 1.807) is 0 Å². The van der Waals surface area contributed by atoms with Crippen LogP contribution in [0.5, 0.6) is 0 Å². The van der Waals surface area contributed by atoms with Gasteiger partial charge in [-0.25, -0.2) is 0 Å². The van der Waals surface area contributed by atoms with Gasteiger partial charge in [-0.15, -0.1) is 0 Å². The highest BCUT2D eigenvalue weighted by Crippen LogP contribution is 2.26. The first-order valence-electron chi connectivity index (χ1n) is 3.72. The number of hydrogen-bond acceptors (Lipinski definition) is 3. The average Bonchev–Trinajstić information content (AvgIpc) is 1.97. The van der Waals surface area contributed by atoms with Crippen molar-refractivity contribution in [3.8, 4) is 0 Å². The van der Waals surface area contributed by atoms with E-state index < -0.39 is 5.97 Å². The minimum absolute atomic E-state index is 0.157. The highest BCUT2D eigenvalue weighted by molar-refractivity contribution is 6.32. The van der Waals surface area contributed by atoms with Crippen LogP contribution in [0.3, 0.4) is 0 Å². The summed E-state index contributed by atoms with van der Waals surface area (Å²) < 4.78 is 0. The Hall–Kier alpha value is -0.830. The molecule has 0 fully saturated rings. The largest absolute Gasteiger partial charge is 0.550 e. The zero-order valence-corrected chi connectivity index (χ0v) is 7.19. The van der Waals surface area contributed by atoms with Crippen LogP contribution < -0.4 is 5.11 Å². The van der Waals surface area contributed by atoms with Crippen molar-refractivity contribution < 1.29 is 14.7 Å². The predicted molar refractivity (Wildman–Crippen MR) is 41.4 cm³/mol. The molecule has 0 bridgehead atoms. The molecule has 0 amide bonds. The second-order valence-electron chi connectivity index (χ2n) is 2.71. The normalized spacial score (nSPS) is 18.2. The summed E-state index contributed by atoms with van der Waals surface area (Å²) in [5, 5.41) is 10.6. The number of hydrogen-bond donors (Lipinski definition) is 0. The molecule has 0 aromatic rings. The zero-order valence-electron chi connectivity index (χ0n) is 6.43. The van der Waals surface area contributed by atoms with Gasteiger partial charge in [-0.05, 0) is 12.8 Å². The van der Waals surface area contributed by atoms with E-state index in [1.165, 1.54) is 0 Å². The Balaban J connectivity index is 2.81. The smallest absolute Gasteiger partial charge is 0.160 e. The molecule has 3 nitrogen and oxygen atoms in total. The van der Waals surface area contributed by atoms with E-state index in [0.29, 0.717) is 24.3 Å². The van der Waals surface area contributed by atoms with Crippen molar-refractivity contribution in [3.63, 3.8) is 0 Å². The number of allylic oxidation sites excluding steroid dienone is 1. The lowest BCUT2D eigenvalue weighted by Crippen LogP contribution is -2.25. The molecule has 0 saturated carbocycles. The van der Waals surface area contributed by atoms with E-state index in [-0.39, 0.29) is 17.8 Å². The molecule has 1 rings (SSSR count). The third kappa shape index (κ3) is 2.08. The van der Waals surface area contributed by atoms with Gasteiger partial charge in [0, 0.05) is 29.4 Å². The third-order valence-corrected chi connectivity index (χ3v) is 2.20. The monoisotopic (exact) mass is 187 g/mol. The minimum Gasteiger partial charge on any atom is -0.550 e. The molecule has 4 heteroatoms. The number of carbonyl (C=O) groups is 2. The number of carboxylic acids is 1. The summed E-state index contributed by atoms with van der Waals surface area (Å²) in [5.41, 5.74) is 0.225. The summed E-state index contributed by atoms with van der Waals surface area (Å²) in [6.45, 7) is 0. The molecule has 0 spiro atoms. The Bertz CT molecular complexity index is 255. The molecular weight excluding hydrogens is 180 g/mol. The Morgan fingerprint density at radius 3 is 2.67 bits per heavy atom. The fraction of sp³-hybridized carbons (Fsp3) is 0.500. The van der Waals surface area contributed by atoms with Gasteiger partial charge in [0.25, 0.3) is 0 Å². The van der Waals surface area contributed by atoms with Crippen molar-refractivity contribution in [1.29, 1.82) is 0 Å². The lowest BCUT2D eigenvalue weighted by molar-refractivity contribution is -0.304. The molecule has 0 aromatic heterocycles. The molecular formula is C8H8ClO3-. The zero-order chi connectivity index (χ0) is 9.14. The molecule has 0 unspecified atom stereocenters. The fourth-order valence-corrected chi connectivity index (χ4v) is 1.50. The number of carbonyl (C=O) groups excluding carboxylic acids is 2. The number of halogens is 1. The number of carboxylic acid groups (broad SMARTS) is 1. The molecule has 66 valence electrons. The molecule has 0 radical (unpaired) electrons. The third-order valence-electron chi connectivity index (χ3n) is 1.79. The molecule has 0 aromatic carbocycles. The molecule has 1 aliphatic carbocycles. The lowest BCUT2D eigenvalue weighted by atomic mass is 9.96. The first-order chi connectivity index (χ1) is 5.61. The summed E-state index contributed by atoms with van der Waals surface area (Å²) in [6, 6.07) is 0. The lowest BCUT2D eigenvalue weighted by Gasteiger charge is -2.14. The van der Waals surface area contributed by atoms with Crippen LogP contribution >= 0.6 is 11.6 Å². The standard InChI is InChI=1S/C8H9ClO3/c9-6-2-1-3-7(10)5(6)4-8(11)12/h1-4H2,(H,11,12)/p-1. The maximum Gasteiger partial charge on any atom is 0.160 e. The molecule has 0 N–H and O–H groups in total. The van der Waals surface area contributed by atoms with Crippen LogP contribution in [-0.4, -0.2) is 11.8 Å². The Labute approximate surface area is 75.0 Å². The summed E-state index contributed by atoms with van der Waals surface area (Å²) in [6.07, 6.45) is 1.38. The van der Waals surface area contributed by atoms with Crippen molar-refractivity contribution >= 4 is 23.4 Å². The van der Waals surface area contributed by atoms with Gasteiger partial charge in [0.15, 0.2) is 5.78 Å². The van der Waals surface area contributed by atoms with Crippen molar-refractivity contribution in [2.45, 2.75) is 25.7 Å². The molecule has 0 aliphatic heterocycles. The maximum absolute atomic E-state index is 11.1. The maximum atomic E-state index is 11.1. The van der Waals surface area contributed by atoms with E-state index >= 15 is 0 Å². The first kappa shape index (κ1) is 9.26. The average molecular weight is 188 g/mol. The van der Waals surface area contributed by atoms with Crippen LogP contribution in [0.15, 0.2) is 10.6 Å². The summed E-state index contributed by atoms with van der Waals surface area (Å²) >= 11 is 5.69. The van der Waals surface area contributed by atoms with E-state index in [2.05, 4.69) is 0 Å². The van der Waals surface area contributed by atoms with Crippen LogP contribution in [-0.2, 0) is 9.59 Å². The van der Waals surface area contributed by atoms with Crippen molar-refractivity contribution in [3.05, 3.63) is 10.6 Å². The van der Waals surface area contributed by atoms with Gasteiger partial charge in [-0.3, -0.25) is 4.79 Å². The predicted octanol–water partition coefficient (Wildman–Crippen LogP) is 0.372. The topological polar surface area (TPSA) is 57.2 Å². The molecule has 0 heterocycles. The fourth-order valence-electron chi connectivity index (χ4n) is 1.20. The second-order valence-corrected chi connectivity index (χ2v) is 3.17. The number of ketones is 1.